The van der Waals surface area contributed by atoms with Gasteiger partial charge in [0.15, 0.2) is 0 Å². The summed E-state index contributed by atoms with van der Waals surface area (Å²) in [6.07, 6.45) is 0. The molecule has 10 heteroatoms. The van der Waals surface area contributed by atoms with Crippen molar-refractivity contribution in [3.05, 3.63) is 88.4 Å². The lowest BCUT2D eigenvalue weighted by atomic mass is 10.2. The number of methoxy groups -OCH3 is 1. The van der Waals surface area contributed by atoms with Gasteiger partial charge in [0.1, 0.15) is 17.4 Å². The molecule has 0 aliphatic rings. The first-order valence-electron chi connectivity index (χ1n) is 8.88. The smallest absolute Gasteiger partial charge is 0.258 e. The van der Waals surface area contributed by atoms with Crippen molar-refractivity contribution in [1.29, 1.82) is 0 Å². The van der Waals surface area contributed by atoms with Gasteiger partial charge in [-0.2, -0.15) is 0 Å². The van der Waals surface area contributed by atoms with E-state index in [-0.39, 0.29) is 22.2 Å². The molecule has 2 N–H and O–H groups in total. The third-order valence-corrected chi connectivity index (χ3v) is 5.98. The van der Waals surface area contributed by atoms with Crippen LogP contribution in [0.2, 0.25) is 5.02 Å². The van der Waals surface area contributed by atoms with Gasteiger partial charge in [0, 0.05) is 12.2 Å². The molecule has 0 aliphatic heterocycles. The number of halogens is 3. The summed E-state index contributed by atoms with van der Waals surface area (Å²) in [7, 11) is -2.51. The maximum absolute atomic E-state index is 14.2. The molecule has 0 spiro atoms. The quantitative estimate of drug-likeness (QED) is 0.542. The number of rotatable bonds is 7. The average molecular weight is 467 g/mol. The zero-order valence-electron chi connectivity index (χ0n) is 16.2. The molecular formula is C21H17ClF2N2O4S. The molecule has 0 unspecified atom stereocenters. The third-order valence-electron chi connectivity index (χ3n) is 4.30. The summed E-state index contributed by atoms with van der Waals surface area (Å²) < 4.78 is 60.1. The standard InChI is InChI=1S/C21H17ClF2N2O4S/c1-30-15-5-2-13(3-6-15)12-25-31(28,29)16-7-9-19(23)17(11-16)21(27)26-14-4-8-20(24)18(22)10-14/h2-11,25H,12H2,1H3,(H,26,27). The number of hydrogen-bond donors (Lipinski definition) is 2. The van der Waals surface area contributed by atoms with Crippen LogP contribution in [0.5, 0.6) is 5.75 Å². The van der Waals surface area contributed by atoms with E-state index in [0.29, 0.717) is 11.3 Å². The van der Waals surface area contributed by atoms with Gasteiger partial charge in [0.2, 0.25) is 10.0 Å². The predicted octanol–water partition coefficient (Wildman–Crippen LogP) is 4.36. The molecule has 0 aromatic heterocycles. The first kappa shape index (κ1) is 22.7. The van der Waals surface area contributed by atoms with Crippen molar-refractivity contribution < 1.29 is 26.7 Å². The summed E-state index contributed by atoms with van der Waals surface area (Å²) in [4.78, 5) is 12.1. The fourth-order valence-electron chi connectivity index (χ4n) is 2.62. The highest BCUT2D eigenvalue weighted by Crippen LogP contribution is 2.22. The number of sulfonamides is 1. The number of benzene rings is 3. The zero-order valence-corrected chi connectivity index (χ0v) is 17.7. The van der Waals surface area contributed by atoms with Crippen LogP contribution in [0, 0.1) is 11.6 Å². The minimum atomic E-state index is -4.03. The van der Waals surface area contributed by atoms with E-state index in [2.05, 4.69) is 10.0 Å². The minimum Gasteiger partial charge on any atom is -0.497 e. The number of anilines is 1. The Morgan fingerprint density at radius 1 is 1.00 bits per heavy atom. The van der Waals surface area contributed by atoms with Crippen LogP contribution in [0.4, 0.5) is 14.5 Å². The van der Waals surface area contributed by atoms with Crippen molar-refractivity contribution in [3.63, 3.8) is 0 Å². The Labute approximate surface area is 182 Å². The summed E-state index contributed by atoms with van der Waals surface area (Å²) in [5.74, 6) is -1.88. The van der Waals surface area contributed by atoms with Crippen LogP contribution in [-0.2, 0) is 16.6 Å². The lowest BCUT2D eigenvalue weighted by molar-refractivity contribution is 0.102. The number of amides is 1. The Morgan fingerprint density at radius 2 is 1.68 bits per heavy atom. The zero-order chi connectivity index (χ0) is 22.6. The Balaban J connectivity index is 1.77. The van der Waals surface area contributed by atoms with Crippen molar-refractivity contribution in [2.75, 3.05) is 12.4 Å². The molecule has 0 heterocycles. The Bertz CT molecular complexity index is 1220. The number of ether oxygens (including phenoxy) is 1. The topological polar surface area (TPSA) is 84.5 Å². The fourth-order valence-corrected chi connectivity index (χ4v) is 3.85. The van der Waals surface area contributed by atoms with Crippen molar-refractivity contribution >= 4 is 33.2 Å². The highest BCUT2D eigenvalue weighted by molar-refractivity contribution is 7.89. The lowest BCUT2D eigenvalue weighted by Crippen LogP contribution is -2.24. The first-order chi connectivity index (χ1) is 14.7. The third kappa shape index (κ3) is 5.57. The molecule has 0 bridgehead atoms. The molecule has 6 nitrogen and oxygen atoms in total. The van der Waals surface area contributed by atoms with E-state index < -0.39 is 33.1 Å². The number of nitrogens with one attached hydrogen (secondary N) is 2. The van der Waals surface area contributed by atoms with Gasteiger partial charge in [-0.3, -0.25) is 4.79 Å². The lowest BCUT2D eigenvalue weighted by Gasteiger charge is -2.11. The van der Waals surface area contributed by atoms with Crippen molar-refractivity contribution in [2.45, 2.75) is 11.4 Å². The SMILES string of the molecule is COc1ccc(CNS(=O)(=O)c2ccc(F)c(C(=O)Nc3ccc(F)c(Cl)c3)c2)cc1. The van der Waals surface area contributed by atoms with Gasteiger partial charge >= 0.3 is 0 Å². The monoisotopic (exact) mass is 466 g/mol. The van der Waals surface area contributed by atoms with E-state index in [0.717, 1.165) is 30.3 Å². The van der Waals surface area contributed by atoms with Gasteiger partial charge in [-0.25, -0.2) is 21.9 Å². The van der Waals surface area contributed by atoms with Gasteiger partial charge in [0.05, 0.1) is 22.6 Å². The number of carbonyl (C=O) groups is 1. The van der Waals surface area contributed by atoms with Crippen LogP contribution >= 0.6 is 11.6 Å². The average Bonchev–Trinajstić information content (AvgIpc) is 2.75. The van der Waals surface area contributed by atoms with Crippen molar-refractivity contribution in [3.8, 4) is 5.75 Å². The van der Waals surface area contributed by atoms with Crippen LogP contribution < -0.4 is 14.8 Å². The highest BCUT2D eigenvalue weighted by Gasteiger charge is 2.20. The predicted molar refractivity (Wildman–Crippen MR) is 113 cm³/mol. The normalized spacial score (nSPS) is 11.2. The highest BCUT2D eigenvalue weighted by atomic mass is 35.5. The second-order valence-electron chi connectivity index (χ2n) is 6.40. The summed E-state index contributed by atoms with van der Waals surface area (Å²) in [6, 6.07) is 13.1. The van der Waals surface area contributed by atoms with Crippen LogP contribution in [0.1, 0.15) is 15.9 Å². The van der Waals surface area contributed by atoms with Crippen LogP contribution in [-0.4, -0.2) is 21.4 Å². The van der Waals surface area contributed by atoms with Gasteiger partial charge in [-0.15, -0.1) is 0 Å². The molecule has 3 aromatic carbocycles. The van der Waals surface area contributed by atoms with Crippen LogP contribution in [0.15, 0.2) is 65.6 Å². The van der Waals surface area contributed by atoms with E-state index in [9.17, 15) is 22.0 Å². The molecule has 0 saturated heterocycles. The summed E-state index contributed by atoms with van der Waals surface area (Å²) >= 11 is 5.67. The maximum atomic E-state index is 14.2. The van der Waals surface area contributed by atoms with E-state index in [1.165, 1.54) is 13.2 Å². The van der Waals surface area contributed by atoms with Crippen LogP contribution in [0.25, 0.3) is 0 Å². The molecule has 1 amide bonds. The molecule has 162 valence electrons. The van der Waals surface area contributed by atoms with E-state index in [1.807, 2.05) is 0 Å². The molecule has 0 atom stereocenters. The Kier molecular flexibility index (Phi) is 6.89. The van der Waals surface area contributed by atoms with E-state index in [1.54, 1.807) is 24.3 Å². The summed E-state index contributed by atoms with van der Waals surface area (Å²) in [5.41, 5.74) is 0.312. The number of carbonyl (C=O) groups excluding carboxylic acids is 1. The van der Waals surface area contributed by atoms with Gasteiger partial charge in [-0.1, -0.05) is 23.7 Å². The van der Waals surface area contributed by atoms with E-state index in [4.69, 9.17) is 16.3 Å². The second-order valence-corrected chi connectivity index (χ2v) is 8.57. The van der Waals surface area contributed by atoms with Crippen LogP contribution in [0.3, 0.4) is 0 Å². The molecule has 0 radical (unpaired) electrons. The molecule has 31 heavy (non-hydrogen) atoms. The molecule has 0 aliphatic carbocycles. The molecular weight excluding hydrogens is 450 g/mol. The first-order valence-corrected chi connectivity index (χ1v) is 10.7. The van der Waals surface area contributed by atoms with E-state index >= 15 is 0 Å². The molecule has 0 saturated carbocycles. The van der Waals surface area contributed by atoms with Gasteiger partial charge in [0.25, 0.3) is 5.91 Å². The maximum Gasteiger partial charge on any atom is 0.258 e. The Morgan fingerprint density at radius 3 is 2.32 bits per heavy atom. The minimum absolute atomic E-state index is 0.0146. The second kappa shape index (κ2) is 9.42. The van der Waals surface area contributed by atoms with Gasteiger partial charge in [-0.05, 0) is 54.1 Å². The largest absolute Gasteiger partial charge is 0.497 e. The summed E-state index contributed by atoms with van der Waals surface area (Å²) in [6.45, 7) is -0.0146. The summed E-state index contributed by atoms with van der Waals surface area (Å²) in [5, 5.41) is 2.13. The fraction of sp³-hybridized carbons (Fsp3) is 0.0952. The van der Waals surface area contributed by atoms with Gasteiger partial charge < -0.3 is 10.1 Å². The van der Waals surface area contributed by atoms with Crippen molar-refractivity contribution in [1.82, 2.24) is 4.72 Å². The molecule has 3 aromatic rings. The Hall–Kier alpha value is -3.01. The van der Waals surface area contributed by atoms with Crippen molar-refractivity contribution in [2.24, 2.45) is 0 Å². The molecule has 0 fully saturated rings. The number of hydrogen-bond acceptors (Lipinski definition) is 4. The molecule has 3 rings (SSSR count).